The van der Waals surface area contributed by atoms with Crippen LogP contribution in [-0.2, 0) is 14.8 Å². The van der Waals surface area contributed by atoms with Gasteiger partial charge in [-0.1, -0.05) is 0 Å². The van der Waals surface area contributed by atoms with Crippen molar-refractivity contribution < 1.29 is 13.2 Å². The number of rotatable bonds is 7. The van der Waals surface area contributed by atoms with Gasteiger partial charge in [-0.25, -0.2) is 12.7 Å². The van der Waals surface area contributed by atoms with E-state index in [0.29, 0.717) is 13.1 Å². The summed E-state index contributed by atoms with van der Waals surface area (Å²) in [5.74, 6) is 0.0432. The third-order valence-corrected chi connectivity index (χ3v) is 5.00. The number of carbonyl (C=O) groups excluding carboxylic acids is 1. The number of carbonyl (C=O) groups is 1. The number of piperazine rings is 1. The van der Waals surface area contributed by atoms with Gasteiger partial charge in [0.1, 0.15) is 0 Å². The van der Waals surface area contributed by atoms with Crippen molar-refractivity contribution in [2.24, 2.45) is 0 Å². The molecule has 0 aliphatic carbocycles. The van der Waals surface area contributed by atoms with Crippen LogP contribution in [-0.4, -0.2) is 107 Å². The SMILES string of the molecule is CN(C)CCN(CCC(=O)N1CCN(C)CC1)S(C)(=O)=O. The standard InChI is InChI=1S/C13H28N4O3S/c1-14(2)7-12-17(21(4,19)20)6-5-13(18)16-10-8-15(3)9-11-16/h5-12H2,1-4H3. The second-order valence-corrected chi connectivity index (χ2v) is 7.88. The molecule has 7 nitrogen and oxygen atoms in total. The van der Waals surface area contributed by atoms with Crippen LogP contribution in [0.15, 0.2) is 0 Å². The van der Waals surface area contributed by atoms with E-state index in [9.17, 15) is 13.2 Å². The molecule has 0 atom stereocenters. The van der Waals surface area contributed by atoms with Gasteiger partial charge in [0.15, 0.2) is 0 Å². The first-order valence-electron chi connectivity index (χ1n) is 7.26. The molecular weight excluding hydrogens is 292 g/mol. The Morgan fingerprint density at radius 2 is 1.62 bits per heavy atom. The van der Waals surface area contributed by atoms with E-state index < -0.39 is 10.0 Å². The first-order chi connectivity index (χ1) is 9.70. The molecule has 1 aliphatic heterocycles. The Labute approximate surface area is 128 Å². The van der Waals surface area contributed by atoms with Crippen LogP contribution in [0, 0.1) is 0 Å². The fraction of sp³-hybridized carbons (Fsp3) is 0.923. The average molecular weight is 320 g/mol. The lowest BCUT2D eigenvalue weighted by Gasteiger charge is -2.33. The Bertz CT molecular complexity index is 431. The van der Waals surface area contributed by atoms with Crippen molar-refractivity contribution in [2.75, 3.05) is 73.2 Å². The Morgan fingerprint density at radius 1 is 1.05 bits per heavy atom. The van der Waals surface area contributed by atoms with Gasteiger partial charge in [-0.3, -0.25) is 4.79 Å². The van der Waals surface area contributed by atoms with Crippen LogP contribution in [0.25, 0.3) is 0 Å². The largest absolute Gasteiger partial charge is 0.340 e. The molecule has 1 rings (SSSR count). The summed E-state index contributed by atoms with van der Waals surface area (Å²) in [6.45, 7) is 4.54. The molecule has 0 aromatic heterocycles. The highest BCUT2D eigenvalue weighted by atomic mass is 32.2. The van der Waals surface area contributed by atoms with Crippen molar-refractivity contribution in [3.63, 3.8) is 0 Å². The molecule has 1 saturated heterocycles. The fourth-order valence-corrected chi connectivity index (χ4v) is 3.03. The number of nitrogens with zero attached hydrogens (tertiary/aromatic N) is 4. The molecule has 124 valence electrons. The Kier molecular flexibility index (Phi) is 7.05. The quantitative estimate of drug-likeness (QED) is 0.600. The number of amides is 1. The molecule has 0 unspecified atom stereocenters. The number of sulfonamides is 1. The van der Waals surface area contributed by atoms with Crippen molar-refractivity contribution >= 4 is 15.9 Å². The maximum Gasteiger partial charge on any atom is 0.223 e. The molecule has 0 bridgehead atoms. The molecule has 0 radical (unpaired) electrons. The van der Waals surface area contributed by atoms with Gasteiger partial charge in [0.05, 0.1) is 6.26 Å². The Morgan fingerprint density at radius 3 is 2.10 bits per heavy atom. The molecule has 0 N–H and O–H groups in total. The van der Waals surface area contributed by atoms with E-state index in [1.807, 2.05) is 30.9 Å². The fourth-order valence-electron chi connectivity index (χ4n) is 2.19. The summed E-state index contributed by atoms with van der Waals surface area (Å²) < 4.78 is 24.9. The molecular formula is C13H28N4O3S. The van der Waals surface area contributed by atoms with Crippen LogP contribution in [0.2, 0.25) is 0 Å². The zero-order valence-electron chi connectivity index (χ0n) is 13.6. The normalized spacial score (nSPS) is 17.7. The molecule has 1 fully saturated rings. The van der Waals surface area contributed by atoms with E-state index in [4.69, 9.17) is 0 Å². The van der Waals surface area contributed by atoms with Gasteiger partial charge in [-0.05, 0) is 21.1 Å². The van der Waals surface area contributed by atoms with E-state index >= 15 is 0 Å². The van der Waals surface area contributed by atoms with Gasteiger partial charge in [-0.15, -0.1) is 0 Å². The lowest BCUT2D eigenvalue weighted by Crippen LogP contribution is -2.48. The topological polar surface area (TPSA) is 64.2 Å². The average Bonchev–Trinajstić information content (AvgIpc) is 2.37. The summed E-state index contributed by atoms with van der Waals surface area (Å²) >= 11 is 0. The highest BCUT2D eigenvalue weighted by Crippen LogP contribution is 2.05. The van der Waals surface area contributed by atoms with Crippen LogP contribution < -0.4 is 0 Å². The van der Waals surface area contributed by atoms with E-state index in [-0.39, 0.29) is 18.9 Å². The Hall–Kier alpha value is -0.700. The summed E-state index contributed by atoms with van der Waals surface area (Å²) in [4.78, 5) is 18.1. The second kappa shape index (κ2) is 8.07. The van der Waals surface area contributed by atoms with Crippen molar-refractivity contribution in [2.45, 2.75) is 6.42 Å². The third-order valence-electron chi connectivity index (χ3n) is 3.70. The predicted molar refractivity (Wildman–Crippen MR) is 83.7 cm³/mol. The molecule has 1 heterocycles. The minimum absolute atomic E-state index is 0.0432. The lowest BCUT2D eigenvalue weighted by molar-refractivity contribution is -0.132. The van der Waals surface area contributed by atoms with Crippen molar-refractivity contribution in [3.8, 4) is 0 Å². The van der Waals surface area contributed by atoms with Gasteiger partial charge < -0.3 is 14.7 Å². The highest BCUT2D eigenvalue weighted by Gasteiger charge is 2.22. The monoisotopic (exact) mass is 320 g/mol. The van der Waals surface area contributed by atoms with Gasteiger partial charge in [0.25, 0.3) is 0 Å². The molecule has 0 aromatic carbocycles. The van der Waals surface area contributed by atoms with Gasteiger partial charge in [0, 0.05) is 52.2 Å². The Balaban J connectivity index is 2.46. The van der Waals surface area contributed by atoms with Gasteiger partial charge >= 0.3 is 0 Å². The van der Waals surface area contributed by atoms with Crippen LogP contribution in [0.4, 0.5) is 0 Å². The van der Waals surface area contributed by atoms with E-state index in [2.05, 4.69) is 4.90 Å². The zero-order valence-corrected chi connectivity index (χ0v) is 14.4. The van der Waals surface area contributed by atoms with Crippen molar-refractivity contribution in [1.29, 1.82) is 0 Å². The number of hydrogen-bond acceptors (Lipinski definition) is 5. The van der Waals surface area contributed by atoms with Gasteiger partial charge in [-0.2, -0.15) is 0 Å². The molecule has 0 saturated carbocycles. The third kappa shape index (κ3) is 6.73. The molecule has 0 spiro atoms. The number of hydrogen-bond donors (Lipinski definition) is 0. The lowest BCUT2D eigenvalue weighted by atomic mass is 10.3. The summed E-state index contributed by atoms with van der Waals surface area (Å²) in [6, 6.07) is 0. The van der Waals surface area contributed by atoms with Crippen molar-refractivity contribution in [3.05, 3.63) is 0 Å². The maximum atomic E-state index is 12.1. The summed E-state index contributed by atoms with van der Waals surface area (Å²) in [6.07, 6.45) is 1.45. The second-order valence-electron chi connectivity index (χ2n) is 5.90. The summed E-state index contributed by atoms with van der Waals surface area (Å²) in [5.41, 5.74) is 0. The molecule has 1 aliphatic rings. The molecule has 8 heteroatoms. The molecule has 1 amide bonds. The van der Waals surface area contributed by atoms with E-state index in [0.717, 1.165) is 26.2 Å². The van der Waals surface area contributed by atoms with Crippen LogP contribution in [0.3, 0.4) is 0 Å². The minimum Gasteiger partial charge on any atom is -0.340 e. The summed E-state index contributed by atoms with van der Waals surface area (Å²) in [5, 5.41) is 0. The van der Waals surface area contributed by atoms with Crippen LogP contribution in [0.5, 0.6) is 0 Å². The number of likely N-dealkylation sites (N-methyl/N-ethyl adjacent to an activating group) is 2. The zero-order chi connectivity index (χ0) is 16.0. The van der Waals surface area contributed by atoms with E-state index in [1.54, 1.807) is 0 Å². The summed E-state index contributed by atoms with van der Waals surface area (Å²) in [7, 11) is 2.57. The maximum absolute atomic E-state index is 12.1. The minimum atomic E-state index is -3.27. The highest BCUT2D eigenvalue weighted by molar-refractivity contribution is 7.88. The van der Waals surface area contributed by atoms with Crippen LogP contribution in [0.1, 0.15) is 6.42 Å². The van der Waals surface area contributed by atoms with E-state index in [1.165, 1.54) is 10.6 Å². The van der Waals surface area contributed by atoms with Gasteiger partial charge in [0.2, 0.25) is 15.9 Å². The smallest absolute Gasteiger partial charge is 0.223 e. The first kappa shape index (κ1) is 18.3. The molecule has 21 heavy (non-hydrogen) atoms. The molecule has 0 aromatic rings. The predicted octanol–water partition coefficient (Wildman–Crippen LogP) is -1.03. The van der Waals surface area contributed by atoms with Crippen LogP contribution >= 0.6 is 0 Å². The first-order valence-corrected chi connectivity index (χ1v) is 9.11. The van der Waals surface area contributed by atoms with Crippen molar-refractivity contribution in [1.82, 2.24) is 19.0 Å².